The van der Waals surface area contributed by atoms with Gasteiger partial charge in [0.1, 0.15) is 0 Å². The van der Waals surface area contributed by atoms with E-state index in [1.54, 1.807) is 0 Å². The third kappa shape index (κ3) is 3.37. The molecule has 3 unspecified atom stereocenters. The van der Waals surface area contributed by atoms with Crippen molar-refractivity contribution in [1.29, 1.82) is 0 Å². The molecule has 1 aliphatic heterocycles. The molecule has 3 atom stereocenters. The van der Waals surface area contributed by atoms with Gasteiger partial charge in [0.05, 0.1) is 0 Å². The first-order chi connectivity index (χ1) is 9.13. The quantitative estimate of drug-likeness (QED) is 0.875. The van der Waals surface area contributed by atoms with Gasteiger partial charge in [0, 0.05) is 12.1 Å². The molecular weight excluding hydrogens is 232 g/mol. The van der Waals surface area contributed by atoms with E-state index in [2.05, 4.69) is 49.9 Å². The zero-order valence-electron chi connectivity index (χ0n) is 12.6. The molecule has 1 heterocycles. The van der Waals surface area contributed by atoms with Crippen LogP contribution in [0, 0.1) is 0 Å². The fraction of sp³-hybridized carbons (Fsp3) is 0.647. The summed E-state index contributed by atoms with van der Waals surface area (Å²) in [5, 5.41) is 0. The van der Waals surface area contributed by atoms with E-state index in [0.29, 0.717) is 12.0 Å². The molecule has 2 rings (SSSR count). The summed E-state index contributed by atoms with van der Waals surface area (Å²) in [6.07, 6.45) is 3.82. The lowest BCUT2D eigenvalue weighted by Gasteiger charge is -2.31. The smallest absolute Gasteiger partial charge is 0.0496 e. The molecule has 1 saturated heterocycles. The zero-order valence-corrected chi connectivity index (χ0v) is 12.6. The summed E-state index contributed by atoms with van der Waals surface area (Å²) in [4.78, 5) is 2.54. The third-order valence-corrected chi connectivity index (χ3v) is 4.49. The van der Waals surface area contributed by atoms with Gasteiger partial charge in [-0.05, 0) is 56.3 Å². The van der Waals surface area contributed by atoms with Gasteiger partial charge in [-0.2, -0.15) is 0 Å². The summed E-state index contributed by atoms with van der Waals surface area (Å²) < 4.78 is 0. The lowest BCUT2D eigenvalue weighted by atomic mass is 9.94. The van der Waals surface area contributed by atoms with Gasteiger partial charge < -0.3 is 5.73 Å². The van der Waals surface area contributed by atoms with Crippen LogP contribution in [0.3, 0.4) is 0 Å². The Hall–Kier alpha value is -0.860. The van der Waals surface area contributed by atoms with E-state index < -0.39 is 0 Å². The van der Waals surface area contributed by atoms with Crippen molar-refractivity contribution in [3.63, 3.8) is 0 Å². The van der Waals surface area contributed by atoms with Crippen molar-refractivity contribution in [3.05, 3.63) is 35.4 Å². The lowest BCUT2D eigenvalue weighted by Crippen LogP contribution is -2.37. The molecule has 0 spiro atoms. The summed E-state index contributed by atoms with van der Waals surface area (Å²) >= 11 is 0. The highest BCUT2D eigenvalue weighted by Crippen LogP contribution is 2.29. The van der Waals surface area contributed by atoms with E-state index in [0.717, 1.165) is 0 Å². The van der Waals surface area contributed by atoms with E-state index >= 15 is 0 Å². The fourth-order valence-corrected chi connectivity index (χ4v) is 3.12. The van der Waals surface area contributed by atoms with Crippen LogP contribution in [-0.4, -0.2) is 24.0 Å². The van der Waals surface area contributed by atoms with Crippen molar-refractivity contribution in [1.82, 2.24) is 4.90 Å². The Bertz CT molecular complexity index is 377. The Morgan fingerprint density at radius 3 is 2.05 bits per heavy atom. The van der Waals surface area contributed by atoms with E-state index in [9.17, 15) is 0 Å². The van der Waals surface area contributed by atoms with Gasteiger partial charge >= 0.3 is 0 Å². The van der Waals surface area contributed by atoms with E-state index in [1.807, 2.05) is 0 Å². The van der Waals surface area contributed by atoms with Gasteiger partial charge in [0.25, 0.3) is 0 Å². The molecule has 2 N–H and O–H groups in total. The van der Waals surface area contributed by atoms with E-state index in [4.69, 9.17) is 5.73 Å². The maximum absolute atomic E-state index is 6.23. The van der Waals surface area contributed by atoms with Crippen LogP contribution in [0.2, 0.25) is 0 Å². The topological polar surface area (TPSA) is 29.3 Å². The molecule has 0 bridgehead atoms. The average molecular weight is 260 g/mol. The molecule has 0 saturated carbocycles. The normalized spacial score (nSPS) is 21.3. The zero-order chi connectivity index (χ0) is 13.8. The minimum Gasteiger partial charge on any atom is -0.326 e. The summed E-state index contributed by atoms with van der Waals surface area (Å²) in [5.74, 6) is 0.648. The average Bonchev–Trinajstić information content (AvgIpc) is 2.92. The third-order valence-electron chi connectivity index (χ3n) is 4.49. The molecule has 1 fully saturated rings. The summed E-state index contributed by atoms with van der Waals surface area (Å²) in [7, 11) is 0. The molecule has 0 radical (unpaired) electrons. The maximum atomic E-state index is 6.23. The molecule has 2 heteroatoms. The van der Waals surface area contributed by atoms with E-state index in [1.165, 1.54) is 43.5 Å². The Labute approximate surface area is 118 Å². The number of benzene rings is 1. The van der Waals surface area contributed by atoms with Crippen molar-refractivity contribution in [2.45, 2.75) is 58.0 Å². The molecule has 19 heavy (non-hydrogen) atoms. The van der Waals surface area contributed by atoms with Gasteiger partial charge in [-0.15, -0.1) is 0 Å². The van der Waals surface area contributed by atoms with Crippen molar-refractivity contribution < 1.29 is 0 Å². The second-order valence-electron chi connectivity index (χ2n) is 6.02. The van der Waals surface area contributed by atoms with Gasteiger partial charge in [0.2, 0.25) is 0 Å². The second kappa shape index (κ2) is 6.53. The van der Waals surface area contributed by atoms with Crippen LogP contribution in [0.25, 0.3) is 0 Å². The first-order valence-electron chi connectivity index (χ1n) is 7.73. The molecule has 106 valence electrons. The van der Waals surface area contributed by atoms with Crippen LogP contribution in [0.1, 0.15) is 63.1 Å². The predicted molar refractivity (Wildman–Crippen MR) is 82.3 cm³/mol. The van der Waals surface area contributed by atoms with E-state index in [-0.39, 0.29) is 6.04 Å². The lowest BCUT2D eigenvalue weighted by molar-refractivity contribution is 0.219. The molecule has 0 aromatic heterocycles. The molecule has 1 aliphatic rings. The number of hydrogen-bond donors (Lipinski definition) is 1. The first kappa shape index (κ1) is 14.5. The van der Waals surface area contributed by atoms with Crippen LogP contribution >= 0.6 is 0 Å². The van der Waals surface area contributed by atoms with Gasteiger partial charge in [-0.1, -0.05) is 38.1 Å². The number of nitrogens with zero attached hydrogens (tertiary/aromatic N) is 1. The number of rotatable bonds is 5. The fourth-order valence-electron chi connectivity index (χ4n) is 3.12. The molecule has 1 aromatic carbocycles. The van der Waals surface area contributed by atoms with Crippen LogP contribution < -0.4 is 5.73 Å². The second-order valence-corrected chi connectivity index (χ2v) is 6.02. The van der Waals surface area contributed by atoms with Crippen LogP contribution in [0.4, 0.5) is 0 Å². The highest BCUT2D eigenvalue weighted by Gasteiger charge is 2.26. The standard InChI is InChI=1S/C17H28N2/c1-4-13(2)15-7-9-16(10-8-15)17(14(3)18)19-11-5-6-12-19/h7-10,13-14,17H,4-6,11-12,18H2,1-3H3. The highest BCUT2D eigenvalue weighted by atomic mass is 15.2. The molecular formula is C17H28N2. The van der Waals surface area contributed by atoms with Crippen LogP contribution in [0.5, 0.6) is 0 Å². The Morgan fingerprint density at radius 2 is 1.58 bits per heavy atom. The van der Waals surface area contributed by atoms with Crippen molar-refractivity contribution >= 4 is 0 Å². The molecule has 0 amide bonds. The molecule has 2 nitrogen and oxygen atoms in total. The van der Waals surface area contributed by atoms with Crippen LogP contribution in [0.15, 0.2) is 24.3 Å². The van der Waals surface area contributed by atoms with Gasteiger partial charge in [0.15, 0.2) is 0 Å². The molecule has 0 aliphatic carbocycles. The monoisotopic (exact) mass is 260 g/mol. The number of nitrogens with two attached hydrogens (primary N) is 1. The summed E-state index contributed by atoms with van der Waals surface area (Å²) in [6.45, 7) is 9.05. The number of likely N-dealkylation sites (tertiary alicyclic amines) is 1. The Morgan fingerprint density at radius 1 is 1.05 bits per heavy atom. The summed E-state index contributed by atoms with van der Waals surface area (Å²) in [6, 6.07) is 9.71. The van der Waals surface area contributed by atoms with Gasteiger partial charge in [-0.3, -0.25) is 4.90 Å². The number of hydrogen-bond acceptors (Lipinski definition) is 2. The van der Waals surface area contributed by atoms with Crippen molar-refractivity contribution in [3.8, 4) is 0 Å². The largest absolute Gasteiger partial charge is 0.326 e. The predicted octanol–water partition coefficient (Wildman–Crippen LogP) is 3.68. The highest BCUT2D eigenvalue weighted by molar-refractivity contribution is 5.28. The Kier molecular flexibility index (Phi) is 5.00. The SMILES string of the molecule is CCC(C)c1ccc(C(C(C)N)N2CCCC2)cc1. The van der Waals surface area contributed by atoms with Gasteiger partial charge in [-0.25, -0.2) is 0 Å². The summed E-state index contributed by atoms with van der Waals surface area (Å²) in [5.41, 5.74) is 9.05. The first-order valence-corrected chi connectivity index (χ1v) is 7.73. The minimum absolute atomic E-state index is 0.188. The Balaban J connectivity index is 2.17. The van der Waals surface area contributed by atoms with Crippen LogP contribution in [-0.2, 0) is 0 Å². The maximum Gasteiger partial charge on any atom is 0.0496 e. The van der Waals surface area contributed by atoms with Crippen molar-refractivity contribution in [2.24, 2.45) is 5.73 Å². The van der Waals surface area contributed by atoms with Crippen molar-refractivity contribution in [2.75, 3.05) is 13.1 Å². The minimum atomic E-state index is 0.188. The molecule has 1 aromatic rings.